The second-order valence-electron chi connectivity index (χ2n) is 5.51. The Kier molecular flexibility index (Phi) is 5.14. The fraction of sp³-hybridized carbons (Fsp3) is 0.200. The predicted octanol–water partition coefficient (Wildman–Crippen LogP) is 3.79. The molecule has 1 aromatic heterocycles. The van der Waals surface area contributed by atoms with Gasteiger partial charge in [-0.25, -0.2) is 4.79 Å². The number of hydrogen-bond acceptors (Lipinski definition) is 5. The van der Waals surface area contributed by atoms with Crippen molar-refractivity contribution in [2.24, 2.45) is 0 Å². The first-order chi connectivity index (χ1) is 12.2. The molecule has 0 atom stereocenters. The van der Waals surface area contributed by atoms with E-state index < -0.39 is 5.97 Å². The second-order valence-corrected chi connectivity index (χ2v) is 5.51. The third-order valence-corrected chi connectivity index (χ3v) is 3.58. The standard InChI is InChI=1S/C20H18O5/c1-2-10-23-20(22)13-24-15-8-9-18-16(11-15)17(21)12-19(25-18)14-6-4-3-5-7-14/h3-9,11-12H,2,10,13H2,1H3. The van der Waals surface area contributed by atoms with Crippen LogP contribution in [0, 0.1) is 0 Å². The van der Waals surface area contributed by atoms with Crippen molar-refractivity contribution in [2.75, 3.05) is 13.2 Å². The van der Waals surface area contributed by atoms with Crippen LogP contribution in [0.4, 0.5) is 0 Å². The summed E-state index contributed by atoms with van der Waals surface area (Å²) in [7, 11) is 0. The molecule has 0 fully saturated rings. The van der Waals surface area contributed by atoms with Gasteiger partial charge in [-0.1, -0.05) is 37.3 Å². The van der Waals surface area contributed by atoms with E-state index in [2.05, 4.69) is 0 Å². The van der Waals surface area contributed by atoms with Crippen molar-refractivity contribution in [3.63, 3.8) is 0 Å². The van der Waals surface area contributed by atoms with Gasteiger partial charge in [0, 0.05) is 11.6 Å². The zero-order valence-electron chi connectivity index (χ0n) is 13.9. The third-order valence-electron chi connectivity index (χ3n) is 3.58. The molecule has 0 N–H and O–H groups in total. The number of fused-ring (bicyclic) bond motifs is 1. The molecular weight excluding hydrogens is 320 g/mol. The van der Waals surface area contributed by atoms with Crippen molar-refractivity contribution in [1.29, 1.82) is 0 Å². The lowest BCUT2D eigenvalue weighted by Crippen LogP contribution is -2.15. The highest BCUT2D eigenvalue weighted by atomic mass is 16.6. The van der Waals surface area contributed by atoms with Crippen molar-refractivity contribution in [1.82, 2.24) is 0 Å². The van der Waals surface area contributed by atoms with Gasteiger partial charge in [0.2, 0.25) is 0 Å². The highest BCUT2D eigenvalue weighted by Crippen LogP contribution is 2.24. The Morgan fingerprint density at radius 1 is 1.08 bits per heavy atom. The maximum absolute atomic E-state index is 12.4. The smallest absolute Gasteiger partial charge is 0.344 e. The minimum Gasteiger partial charge on any atom is -0.482 e. The van der Waals surface area contributed by atoms with E-state index in [4.69, 9.17) is 13.9 Å². The van der Waals surface area contributed by atoms with E-state index in [1.807, 2.05) is 37.3 Å². The van der Waals surface area contributed by atoms with Gasteiger partial charge in [-0.15, -0.1) is 0 Å². The molecule has 2 aromatic carbocycles. The Labute approximate surface area is 144 Å². The van der Waals surface area contributed by atoms with Crippen LogP contribution in [0.15, 0.2) is 63.8 Å². The Bertz CT molecular complexity index is 928. The molecule has 5 nitrogen and oxygen atoms in total. The van der Waals surface area contributed by atoms with Gasteiger partial charge in [0.15, 0.2) is 12.0 Å². The van der Waals surface area contributed by atoms with Crippen molar-refractivity contribution in [2.45, 2.75) is 13.3 Å². The molecule has 128 valence electrons. The first-order valence-corrected chi connectivity index (χ1v) is 8.09. The third kappa shape index (κ3) is 4.07. The van der Waals surface area contributed by atoms with E-state index >= 15 is 0 Å². The summed E-state index contributed by atoms with van der Waals surface area (Å²) >= 11 is 0. The van der Waals surface area contributed by atoms with Crippen LogP contribution in [0.3, 0.4) is 0 Å². The monoisotopic (exact) mass is 338 g/mol. The molecule has 0 bridgehead atoms. The summed E-state index contributed by atoms with van der Waals surface area (Å²) in [6.45, 7) is 2.09. The number of hydrogen-bond donors (Lipinski definition) is 0. The molecule has 0 aliphatic heterocycles. The largest absolute Gasteiger partial charge is 0.482 e. The van der Waals surface area contributed by atoms with Crippen molar-refractivity contribution in [3.8, 4) is 17.1 Å². The van der Waals surface area contributed by atoms with Crippen LogP contribution in [0.1, 0.15) is 13.3 Å². The Hall–Kier alpha value is -3.08. The molecule has 3 rings (SSSR count). The summed E-state index contributed by atoms with van der Waals surface area (Å²) < 4.78 is 16.1. The van der Waals surface area contributed by atoms with Crippen LogP contribution in [0.5, 0.6) is 5.75 Å². The first-order valence-electron chi connectivity index (χ1n) is 8.09. The molecule has 0 radical (unpaired) electrons. The van der Waals surface area contributed by atoms with Crippen molar-refractivity contribution in [3.05, 3.63) is 64.8 Å². The summed E-state index contributed by atoms with van der Waals surface area (Å²) in [5.41, 5.74) is 1.13. The van der Waals surface area contributed by atoms with E-state index in [9.17, 15) is 9.59 Å². The minimum atomic E-state index is -0.437. The number of carbonyl (C=O) groups excluding carboxylic acids is 1. The zero-order chi connectivity index (χ0) is 17.6. The molecule has 0 saturated heterocycles. The molecule has 0 spiro atoms. The van der Waals surface area contributed by atoms with E-state index in [0.717, 1.165) is 12.0 Å². The molecule has 0 aliphatic rings. The highest BCUT2D eigenvalue weighted by molar-refractivity contribution is 5.80. The van der Waals surface area contributed by atoms with Gasteiger partial charge in [0.05, 0.1) is 12.0 Å². The molecule has 0 unspecified atom stereocenters. The molecule has 3 aromatic rings. The van der Waals surface area contributed by atoms with Gasteiger partial charge in [-0.2, -0.15) is 0 Å². The summed E-state index contributed by atoms with van der Waals surface area (Å²) in [6.07, 6.45) is 0.756. The number of ether oxygens (including phenoxy) is 2. The average molecular weight is 338 g/mol. The summed E-state index contributed by atoms with van der Waals surface area (Å²) in [4.78, 5) is 23.9. The number of carbonyl (C=O) groups is 1. The predicted molar refractivity (Wildman–Crippen MR) is 94.7 cm³/mol. The van der Waals surface area contributed by atoms with Gasteiger partial charge >= 0.3 is 5.97 Å². The van der Waals surface area contributed by atoms with E-state index in [-0.39, 0.29) is 12.0 Å². The average Bonchev–Trinajstić information content (AvgIpc) is 2.65. The Morgan fingerprint density at radius 3 is 2.64 bits per heavy atom. The summed E-state index contributed by atoms with van der Waals surface area (Å²) in [5, 5.41) is 0.402. The zero-order valence-corrected chi connectivity index (χ0v) is 13.9. The summed E-state index contributed by atoms with van der Waals surface area (Å²) in [5.74, 6) is 0.490. The fourth-order valence-corrected chi connectivity index (χ4v) is 2.37. The topological polar surface area (TPSA) is 65.7 Å². The van der Waals surface area contributed by atoms with E-state index in [1.54, 1.807) is 18.2 Å². The van der Waals surface area contributed by atoms with Crippen molar-refractivity contribution >= 4 is 16.9 Å². The maximum Gasteiger partial charge on any atom is 0.344 e. The lowest BCUT2D eigenvalue weighted by Gasteiger charge is -2.08. The lowest BCUT2D eigenvalue weighted by atomic mass is 10.1. The van der Waals surface area contributed by atoms with Crippen LogP contribution in [0.2, 0.25) is 0 Å². The molecule has 0 saturated carbocycles. The Balaban J connectivity index is 1.83. The molecule has 5 heteroatoms. The van der Waals surface area contributed by atoms with Gasteiger partial charge in [0.1, 0.15) is 17.1 Å². The molecule has 0 amide bonds. The van der Waals surface area contributed by atoms with Gasteiger partial charge < -0.3 is 13.9 Å². The van der Waals surface area contributed by atoms with Gasteiger partial charge in [-0.05, 0) is 24.6 Å². The minimum absolute atomic E-state index is 0.167. The Morgan fingerprint density at radius 2 is 1.88 bits per heavy atom. The molecule has 25 heavy (non-hydrogen) atoms. The molecule has 0 aliphatic carbocycles. The van der Waals surface area contributed by atoms with E-state index in [1.165, 1.54) is 6.07 Å². The van der Waals surface area contributed by atoms with Crippen LogP contribution in [-0.2, 0) is 9.53 Å². The fourth-order valence-electron chi connectivity index (χ4n) is 2.37. The number of benzene rings is 2. The molecule has 1 heterocycles. The van der Waals surface area contributed by atoms with Crippen LogP contribution >= 0.6 is 0 Å². The van der Waals surface area contributed by atoms with Crippen LogP contribution in [0.25, 0.3) is 22.3 Å². The van der Waals surface area contributed by atoms with Gasteiger partial charge in [0.25, 0.3) is 0 Å². The maximum atomic E-state index is 12.4. The SMILES string of the molecule is CCCOC(=O)COc1ccc2oc(-c3ccccc3)cc(=O)c2c1. The van der Waals surface area contributed by atoms with Crippen LogP contribution < -0.4 is 10.2 Å². The van der Waals surface area contributed by atoms with Crippen molar-refractivity contribution < 1.29 is 18.7 Å². The normalized spacial score (nSPS) is 10.6. The van der Waals surface area contributed by atoms with Gasteiger partial charge in [-0.3, -0.25) is 4.79 Å². The number of esters is 1. The highest BCUT2D eigenvalue weighted by Gasteiger charge is 2.09. The number of rotatable bonds is 6. The second kappa shape index (κ2) is 7.66. The quantitative estimate of drug-likeness (QED) is 0.640. The molecular formula is C20H18O5. The van der Waals surface area contributed by atoms with Crippen LogP contribution in [-0.4, -0.2) is 19.2 Å². The lowest BCUT2D eigenvalue weighted by molar-refractivity contribution is -0.146. The summed E-state index contributed by atoms with van der Waals surface area (Å²) in [6, 6.07) is 15.8. The van der Waals surface area contributed by atoms with E-state index in [0.29, 0.717) is 29.1 Å². The first kappa shape index (κ1) is 16.8.